The van der Waals surface area contributed by atoms with Crippen LogP contribution in [0.25, 0.3) is 0 Å². The number of halogens is 1. The zero-order valence-electron chi connectivity index (χ0n) is 11.2. The molecule has 2 aromatic carbocycles. The second-order valence-electron chi connectivity index (χ2n) is 4.88. The van der Waals surface area contributed by atoms with E-state index in [2.05, 4.69) is 22.0 Å². The molecule has 2 unspecified atom stereocenters. The fourth-order valence-corrected chi connectivity index (χ4v) is 3.17. The maximum absolute atomic E-state index is 6.43. The average molecular weight is 334 g/mol. The lowest BCUT2D eigenvalue weighted by Crippen LogP contribution is -2.21. The number of methoxy groups -OCH3 is 1. The summed E-state index contributed by atoms with van der Waals surface area (Å²) in [5.74, 6) is 1.94. The van der Waals surface area contributed by atoms with Crippen LogP contribution in [0.4, 0.5) is 0 Å². The van der Waals surface area contributed by atoms with Crippen molar-refractivity contribution in [1.29, 1.82) is 0 Å². The molecule has 0 saturated heterocycles. The molecule has 3 nitrogen and oxygen atoms in total. The standard InChI is InChI=1S/C16H16BrNO2/c1-19-15-7-6-10(8-13(15)17)16(18)12-9-20-14-5-3-2-4-11(12)14/h2-8,12,16H,9,18H2,1H3. The molecule has 0 fully saturated rings. The Kier molecular flexibility index (Phi) is 3.68. The highest BCUT2D eigenvalue weighted by Crippen LogP contribution is 2.41. The Labute approximate surface area is 126 Å². The van der Waals surface area contributed by atoms with Crippen LogP contribution in [0.2, 0.25) is 0 Å². The van der Waals surface area contributed by atoms with Gasteiger partial charge in [-0.25, -0.2) is 0 Å². The molecular weight excluding hydrogens is 318 g/mol. The zero-order valence-corrected chi connectivity index (χ0v) is 12.8. The third kappa shape index (κ3) is 2.30. The highest BCUT2D eigenvalue weighted by molar-refractivity contribution is 9.10. The van der Waals surface area contributed by atoms with Gasteiger partial charge in [-0.15, -0.1) is 0 Å². The molecule has 2 aromatic rings. The first kappa shape index (κ1) is 13.5. The van der Waals surface area contributed by atoms with Gasteiger partial charge < -0.3 is 15.2 Å². The van der Waals surface area contributed by atoms with E-state index in [1.54, 1.807) is 7.11 Å². The molecule has 1 aliphatic heterocycles. The highest BCUT2D eigenvalue weighted by Gasteiger charge is 2.30. The first-order valence-corrected chi connectivity index (χ1v) is 7.30. The van der Waals surface area contributed by atoms with Gasteiger partial charge in [0.25, 0.3) is 0 Å². The van der Waals surface area contributed by atoms with Crippen molar-refractivity contribution in [3.63, 3.8) is 0 Å². The third-order valence-electron chi connectivity index (χ3n) is 3.73. The van der Waals surface area contributed by atoms with Crippen molar-refractivity contribution in [2.75, 3.05) is 13.7 Å². The summed E-state index contributed by atoms with van der Waals surface area (Å²) < 4.78 is 11.9. The Morgan fingerprint density at radius 3 is 2.85 bits per heavy atom. The van der Waals surface area contributed by atoms with Crippen LogP contribution in [-0.2, 0) is 0 Å². The van der Waals surface area contributed by atoms with Crippen molar-refractivity contribution < 1.29 is 9.47 Å². The van der Waals surface area contributed by atoms with E-state index in [9.17, 15) is 0 Å². The molecule has 1 aliphatic rings. The largest absolute Gasteiger partial charge is 0.496 e. The molecule has 2 N–H and O–H groups in total. The van der Waals surface area contributed by atoms with Gasteiger partial charge in [0.2, 0.25) is 0 Å². The Hall–Kier alpha value is -1.52. The summed E-state index contributed by atoms with van der Waals surface area (Å²) in [6.07, 6.45) is 0. The number of hydrogen-bond acceptors (Lipinski definition) is 3. The number of ether oxygens (including phenoxy) is 2. The van der Waals surface area contributed by atoms with Crippen LogP contribution < -0.4 is 15.2 Å². The van der Waals surface area contributed by atoms with E-state index in [0.29, 0.717) is 6.61 Å². The van der Waals surface area contributed by atoms with Gasteiger partial charge in [-0.1, -0.05) is 24.3 Å². The van der Waals surface area contributed by atoms with E-state index < -0.39 is 0 Å². The SMILES string of the molecule is COc1ccc(C(N)C2COc3ccccc32)cc1Br. The summed E-state index contributed by atoms with van der Waals surface area (Å²) in [5, 5.41) is 0. The number of nitrogens with two attached hydrogens (primary N) is 1. The minimum atomic E-state index is -0.0964. The maximum atomic E-state index is 6.43. The number of hydrogen-bond donors (Lipinski definition) is 1. The molecule has 104 valence electrons. The molecular formula is C16H16BrNO2. The average Bonchev–Trinajstić information content (AvgIpc) is 2.90. The van der Waals surface area contributed by atoms with Gasteiger partial charge in [0.1, 0.15) is 11.5 Å². The van der Waals surface area contributed by atoms with Crippen LogP contribution >= 0.6 is 15.9 Å². The lowest BCUT2D eigenvalue weighted by molar-refractivity contribution is 0.315. The van der Waals surface area contributed by atoms with E-state index in [1.807, 2.05) is 36.4 Å². The van der Waals surface area contributed by atoms with Crippen LogP contribution in [0.15, 0.2) is 46.9 Å². The summed E-state index contributed by atoms with van der Waals surface area (Å²) in [4.78, 5) is 0. The van der Waals surface area contributed by atoms with Gasteiger partial charge in [-0.05, 0) is 39.7 Å². The van der Waals surface area contributed by atoms with Gasteiger partial charge in [0.05, 0.1) is 18.2 Å². The topological polar surface area (TPSA) is 44.5 Å². The molecule has 0 saturated carbocycles. The van der Waals surface area contributed by atoms with E-state index in [0.717, 1.165) is 21.5 Å². The van der Waals surface area contributed by atoms with E-state index in [4.69, 9.17) is 15.2 Å². The van der Waals surface area contributed by atoms with Crippen LogP contribution in [0.1, 0.15) is 23.1 Å². The Morgan fingerprint density at radius 2 is 2.10 bits per heavy atom. The number of benzene rings is 2. The summed E-state index contributed by atoms with van der Waals surface area (Å²) in [5.41, 5.74) is 8.69. The molecule has 0 radical (unpaired) electrons. The molecule has 0 bridgehead atoms. The van der Waals surface area contributed by atoms with Crippen molar-refractivity contribution >= 4 is 15.9 Å². The highest BCUT2D eigenvalue weighted by atomic mass is 79.9. The molecule has 0 aromatic heterocycles. The summed E-state index contributed by atoms with van der Waals surface area (Å²) in [7, 11) is 1.65. The van der Waals surface area contributed by atoms with E-state index in [-0.39, 0.29) is 12.0 Å². The van der Waals surface area contributed by atoms with Crippen molar-refractivity contribution in [2.45, 2.75) is 12.0 Å². The normalized spacial score (nSPS) is 18.2. The van der Waals surface area contributed by atoms with Crippen LogP contribution in [0.3, 0.4) is 0 Å². The Bertz CT molecular complexity index is 630. The van der Waals surface area contributed by atoms with Gasteiger partial charge in [-0.3, -0.25) is 0 Å². The second kappa shape index (κ2) is 5.46. The molecule has 0 amide bonds. The summed E-state index contributed by atoms with van der Waals surface area (Å²) >= 11 is 3.50. The predicted octanol–water partition coefficient (Wildman–Crippen LogP) is 3.63. The third-order valence-corrected chi connectivity index (χ3v) is 4.35. The van der Waals surface area contributed by atoms with Crippen molar-refractivity contribution in [3.05, 3.63) is 58.1 Å². The molecule has 20 heavy (non-hydrogen) atoms. The first-order chi connectivity index (χ1) is 9.70. The van der Waals surface area contributed by atoms with Crippen LogP contribution in [0.5, 0.6) is 11.5 Å². The molecule has 2 atom stereocenters. The molecule has 3 rings (SSSR count). The number of rotatable bonds is 3. The Morgan fingerprint density at radius 1 is 1.30 bits per heavy atom. The quantitative estimate of drug-likeness (QED) is 0.932. The minimum absolute atomic E-state index is 0.0964. The van der Waals surface area contributed by atoms with Gasteiger partial charge in [0, 0.05) is 17.5 Å². The lowest BCUT2D eigenvalue weighted by Gasteiger charge is -2.19. The van der Waals surface area contributed by atoms with E-state index in [1.165, 1.54) is 5.56 Å². The number of fused-ring (bicyclic) bond motifs is 1. The molecule has 0 spiro atoms. The van der Waals surface area contributed by atoms with Crippen molar-refractivity contribution in [1.82, 2.24) is 0 Å². The fourth-order valence-electron chi connectivity index (χ4n) is 2.61. The maximum Gasteiger partial charge on any atom is 0.133 e. The van der Waals surface area contributed by atoms with Gasteiger partial charge >= 0.3 is 0 Å². The monoisotopic (exact) mass is 333 g/mol. The van der Waals surface area contributed by atoms with Crippen LogP contribution in [0, 0.1) is 0 Å². The fraction of sp³-hybridized carbons (Fsp3) is 0.250. The minimum Gasteiger partial charge on any atom is -0.496 e. The van der Waals surface area contributed by atoms with Gasteiger partial charge in [0.15, 0.2) is 0 Å². The van der Waals surface area contributed by atoms with Crippen molar-refractivity contribution in [3.8, 4) is 11.5 Å². The number of para-hydroxylation sites is 1. The van der Waals surface area contributed by atoms with E-state index >= 15 is 0 Å². The molecule has 4 heteroatoms. The van der Waals surface area contributed by atoms with Crippen LogP contribution in [-0.4, -0.2) is 13.7 Å². The molecule has 0 aliphatic carbocycles. The Balaban J connectivity index is 1.90. The zero-order chi connectivity index (χ0) is 14.1. The first-order valence-electron chi connectivity index (χ1n) is 6.51. The summed E-state index contributed by atoms with van der Waals surface area (Å²) in [6, 6.07) is 14.0. The second-order valence-corrected chi connectivity index (χ2v) is 5.73. The van der Waals surface area contributed by atoms with Gasteiger partial charge in [-0.2, -0.15) is 0 Å². The lowest BCUT2D eigenvalue weighted by atomic mass is 9.89. The van der Waals surface area contributed by atoms with Crippen molar-refractivity contribution in [2.24, 2.45) is 5.73 Å². The smallest absolute Gasteiger partial charge is 0.133 e. The summed E-state index contributed by atoms with van der Waals surface area (Å²) in [6.45, 7) is 0.629. The predicted molar refractivity (Wildman–Crippen MR) is 82.3 cm³/mol. The molecule has 1 heterocycles.